The first-order valence-electron chi connectivity index (χ1n) is 3.17. The Balaban J connectivity index is 2.64. The third-order valence-corrected chi connectivity index (χ3v) is 3.12. The SMILES string of the molecule is NCC(=O)Cc1ccsc1Br. The van der Waals surface area contributed by atoms with Crippen molar-refractivity contribution in [2.75, 3.05) is 6.54 Å². The summed E-state index contributed by atoms with van der Waals surface area (Å²) in [4.78, 5) is 10.9. The Kier molecular flexibility index (Phi) is 3.23. The van der Waals surface area contributed by atoms with Gasteiger partial charge in [0, 0.05) is 6.42 Å². The summed E-state index contributed by atoms with van der Waals surface area (Å²) in [6.45, 7) is 0.127. The van der Waals surface area contributed by atoms with Crippen molar-refractivity contribution in [3.8, 4) is 0 Å². The highest BCUT2D eigenvalue weighted by Crippen LogP contribution is 2.23. The Morgan fingerprint density at radius 1 is 1.73 bits per heavy atom. The second-order valence-corrected chi connectivity index (χ2v) is 4.37. The predicted molar refractivity (Wildman–Crippen MR) is 49.8 cm³/mol. The number of Topliss-reactive ketones (excluding diaryl/α,β-unsaturated/α-hetero) is 1. The van der Waals surface area contributed by atoms with Gasteiger partial charge in [0.2, 0.25) is 0 Å². The minimum Gasteiger partial charge on any atom is -0.324 e. The fourth-order valence-corrected chi connectivity index (χ4v) is 1.97. The lowest BCUT2D eigenvalue weighted by atomic mass is 10.2. The molecule has 0 spiro atoms. The zero-order chi connectivity index (χ0) is 8.27. The van der Waals surface area contributed by atoms with E-state index in [1.54, 1.807) is 11.3 Å². The maximum absolute atomic E-state index is 10.9. The van der Waals surface area contributed by atoms with Crippen molar-refractivity contribution in [1.29, 1.82) is 0 Å². The van der Waals surface area contributed by atoms with Gasteiger partial charge < -0.3 is 5.73 Å². The zero-order valence-corrected chi connectivity index (χ0v) is 8.24. The van der Waals surface area contributed by atoms with E-state index in [-0.39, 0.29) is 12.3 Å². The molecule has 0 saturated heterocycles. The number of ketones is 1. The summed E-state index contributed by atoms with van der Waals surface area (Å²) >= 11 is 4.93. The van der Waals surface area contributed by atoms with Crippen molar-refractivity contribution < 1.29 is 4.79 Å². The second kappa shape index (κ2) is 3.99. The minimum atomic E-state index is 0.0732. The van der Waals surface area contributed by atoms with Crippen LogP contribution in [0.15, 0.2) is 15.2 Å². The number of hydrogen-bond donors (Lipinski definition) is 1. The lowest BCUT2D eigenvalue weighted by Gasteiger charge is -1.94. The molecule has 0 aliphatic heterocycles. The monoisotopic (exact) mass is 233 g/mol. The Bertz CT molecular complexity index is 259. The molecule has 0 radical (unpaired) electrons. The molecule has 0 atom stereocenters. The van der Waals surface area contributed by atoms with Crippen LogP contribution in [0.4, 0.5) is 0 Å². The molecule has 0 aliphatic rings. The van der Waals surface area contributed by atoms with Gasteiger partial charge in [0.15, 0.2) is 5.78 Å². The van der Waals surface area contributed by atoms with E-state index in [0.29, 0.717) is 6.42 Å². The number of hydrogen-bond acceptors (Lipinski definition) is 3. The molecule has 0 fully saturated rings. The molecule has 1 aromatic rings. The van der Waals surface area contributed by atoms with Crippen LogP contribution >= 0.6 is 27.3 Å². The molecule has 0 amide bonds. The number of carbonyl (C=O) groups excluding carboxylic acids is 1. The Labute approximate surface area is 77.5 Å². The molecule has 4 heteroatoms. The van der Waals surface area contributed by atoms with Crippen LogP contribution < -0.4 is 5.73 Å². The van der Waals surface area contributed by atoms with E-state index in [4.69, 9.17) is 5.73 Å². The number of nitrogens with two attached hydrogens (primary N) is 1. The van der Waals surface area contributed by atoms with Crippen LogP contribution in [-0.4, -0.2) is 12.3 Å². The van der Waals surface area contributed by atoms with Crippen LogP contribution in [0.1, 0.15) is 5.56 Å². The standard InChI is InChI=1S/C7H8BrNOS/c8-7-5(1-2-11-7)3-6(10)4-9/h1-2H,3-4,9H2. The van der Waals surface area contributed by atoms with Gasteiger partial charge in [0.1, 0.15) is 0 Å². The molecular weight excluding hydrogens is 226 g/mol. The lowest BCUT2D eigenvalue weighted by molar-refractivity contribution is -0.117. The van der Waals surface area contributed by atoms with E-state index in [0.717, 1.165) is 9.35 Å². The summed E-state index contributed by atoms with van der Waals surface area (Å²) in [5.41, 5.74) is 6.21. The predicted octanol–water partition coefficient (Wildman–Crippen LogP) is 1.58. The normalized spacial score (nSPS) is 10.0. The van der Waals surface area contributed by atoms with Gasteiger partial charge in [-0.15, -0.1) is 11.3 Å². The van der Waals surface area contributed by atoms with E-state index in [1.165, 1.54) is 0 Å². The molecule has 0 aromatic carbocycles. The smallest absolute Gasteiger partial charge is 0.150 e. The highest BCUT2D eigenvalue weighted by Gasteiger charge is 2.05. The number of halogens is 1. The van der Waals surface area contributed by atoms with Crippen molar-refractivity contribution >= 4 is 33.0 Å². The van der Waals surface area contributed by atoms with Crippen molar-refractivity contribution in [3.05, 3.63) is 20.8 Å². The van der Waals surface area contributed by atoms with E-state index in [9.17, 15) is 4.79 Å². The van der Waals surface area contributed by atoms with Crippen LogP contribution in [0.2, 0.25) is 0 Å². The highest BCUT2D eigenvalue weighted by atomic mass is 79.9. The van der Waals surface area contributed by atoms with E-state index >= 15 is 0 Å². The first kappa shape index (κ1) is 8.90. The molecule has 1 rings (SSSR count). The van der Waals surface area contributed by atoms with Gasteiger partial charge in [-0.1, -0.05) is 0 Å². The van der Waals surface area contributed by atoms with Gasteiger partial charge >= 0.3 is 0 Å². The quantitative estimate of drug-likeness (QED) is 0.862. The summed E-state index contributed by atoms with van der Waals surface area (Å²) < 4.78 is 1.03. The van der Waals surface area contributed by atoms with Gasteiger partial charge in [0.25, 0.3) is 0 Å². The third-order valence-electron chi connectivity index (χ3n) is 1.31. The molecule has 2 N–H and O–H groups in total. The van der Waals surface area contributed by atoms with Crippen LogP contribution in [0.25, 0.3) is 0 Å². The second-order valence-electron chi connectivity index (χ2n) is 2.14. The summed E-state index contributed by atoms with van der Waals surface area (Å²) in [6, 6.07) is 1.93. The maximum atomic E-state index is 10.9. The van der Waals surface area contributed by atoms with Crippen LogP contribution in [0.5, 0.6) is 0 Å². The van der Waals surface area contributed by atoms with Crippen molar-refractivity contribution in [3.63, 3.8) is 0 Å². The topological polar surface area (TPSA) is 43.1 Å². The molecule has 11 heavy (non-hydrogen) atoms. The van der Waals surface area contributed by atoms with Crippen LogP contribution in [0, 0.1) is 0 Å². The molecule has 0 unspecified atom stereocenters. The molecule has 2 nitrogen and oxygen atoms in total. The molecule has 0 bridgehead atoms. The molecule has 0 saturated carbocycles. The van der Waals surface area contributed by atoms with Gasteiger partial charge in [-0.05, 0) is 32.9 Å². The van der Waals surface area contributed by atoms with Crippen LogP contribution in [-0.2, 0) is 11.2 Å². The molecule has 1 aromatic heterocycles. The molecule has 1 heterocycles. The van der Waals surface area contributed by atoms with E-state index < -0.39 is 0 Å². The minimum absolute atomic E-state index is 0.0732. The van der Waals surface area contributed by atoms with E-state index in [2.05, 4.69) is 15.9 Å². The fourth-order valence-electron chi connectivity index (χ4n) is 0.730. The number of rotatable bonds is 3. The Morgan fingerprint density at radius 2 is 2.45 bits per heavy atom. The maximum Gasteiger partial charge on any atom is 0.150 e. The Hall–Kier alpha value is -0.190. The van der Waals surface area contributed by atoms with Gasteiger partial charge in [0.05, 0.1) is 10.3 Å². The molecule has 0 aliphatic carbocycles. The zero-order valence-electron chi connectivity index (χ0n) is 5.84. The van der Waals surface area contributed by atoms with Crippen molar-refractivity contribution in [1.82, 2.24) is 0 Å². The summed E-state index contributed by atoms with van der Waals surface area (Å²) in [5, 5.41) is 1.95. The van der Waals surface area contributed by atoms with Crippen LogP contribution in [0.3, 0.4) is 0 Å². The summed E-state index contributed by atoms with van der Waals surface area (Å²) in [6.07, 6.45) is 0.445. The van der Waals surface area contributed by atoms with Gasteiger partial charge in [-0.3, -0.25) is 4.79 Å². The lowest BCUT2D eigenvalue weighted by Crippen LogP contribution is -2.15. The Morgan fingerprint density at radius 3 is 2.91 bits per heavy atom. The third kappa shape index (κ3) is 2.39. The average Bonchev–Trinajstić information content (AvgIpc) is 2.37. The summed E-state index contributed by atoms with van der Waals surface area (Å²) in [5.74, 6) is 0.0732. The largest absolute Gasteiger partial charge is 0.324 e. The average molecular weight is 234 g/mol. The first-order valence-corrected chi connectivity index (χ1v) is 4.85. The number of thiophene rings is 1. The van der Waals surface area contributed by atoms with Gasteiger partial charge in [-0.25, -0.2) is 0 Å². The summed E-state index contributed by atoms with van der Waals surface area (Å²) in [7, 11) is 0. The highest BCUT2D eigenvalue weighted by molar-refractivity contribution is 9.11. The molecule has 60 valence electrons. The van der Waals surface area contributed by atoms with Crippen molar-refractivity contribution in [2.24, 2.45) is 5.73 Å². The molecular formula is C7H8BrNOS. The fraction of sp³-hybridized carbons (Fsp3) is 0.286. The van der Waals surface area contributed by atoms with Gasteiger partial charge in [-0.2, -0.15) is 0 Å². The van der Waals surface area contributed by atoms with Crippen molar-refractivity contribution in [2.45, 2.75) is 6.42 Å². The van der Waals surface area contributed by atoms with E-state index in [1.807, 2.05) is 11.4 Å². The first-order chi connectivity index (χ1) is 5.24. The number of carbonyl (C=O) groups is 1.